The van der Waals surface area contributed by atoms with Crippen molar-refractivity contribution in [1.82, 2.24) is 5.32 Å². The van der Waals surface area contributed by atoms with Crippen molar-refractivity contribution in [2.45, 2.75) is 95.7 Å². The topological polar surface area (TPSA) is 136 Å². The van der Waals surface area contributed by atoms with Gasteiger partial charge >= 0.3 is 5.97 Å². The Bertz CT molecular complexity index is 916. The number of allylic oxidation sites excluding steroid dienone is 2. The summed E-state index contributed by atoms with van der Waals surface area (Å²) in [7, 11) is 1.84. The number of ether oxygens (including phenoxy) is 1. The van der Waals surface area contributed by atoms with E-state index in [1.54, 1.807) is 18.2 Å². The predicted octanol–water partition coefficient (Wildman–Crippen LogP) is 3.92. The number of nitrogens with one attached hydrogen (secondary N) is 1. The number of carbonyl (C=O) groups is 2. The van der Waals surface area contributed by atoms with Crippen LogP contribution in [0.2, 0.25) is 0 Å². The van der Waals surface area contributed by atoms with Crippen LogP contribution in [0, 0.1) is 11.8 Å². The van der Waals surface area contributed by atoms with E-state index >= 15 is 0 Å². The fraction of sp³-hybridized carbons (Fsp3) is 0.600. The molecule has 3 rings (SSSR count). The maximum atomic E-state index is 12.6. The summed E-state index contributed by atoms with van der Waals surface area (Å²) < 4.78 is 5.70. The molecule has 1 heterocycles. The van der Waals surface area contributed by atoms with Crippen molar-refractivity contribution in [3.8, 4) is 0 Å². The minimum atomic E-state index is -0.857. The van der Waals surface area contributed by atoms with Crippen molar-refractivity contribution in [3.63, 3.8) is 0 Å². The smallest absolute Gasteiger partial charge is 0.303 e. The molecule has 1 aromatic carbocycles. The van der Waals surface area contributed by atoms with Crippen LogP contribution >= 0.6 is 0 Å². The molecule has 5 N–H and O–H groups in total. The van der Waals surface area contributed by atoms with Crippen LogP contribution < -0.4 is 5.32 Å². The normalized spacial score (nSPS) is 25.9. The lowest BCUT2D eigenvalue weighted by Gasteiger charge is -2.17. The number of ketones is 1. The lowest BCUT2D eigenvalue weighted by atomic mass is 9.89. The predicted molar refractivity (Wildman–Crippen MR) is 146 cm³/mol. The zero-order valence-corrected chi connectivity index (χ0v) is 22.8. The van der Waals surface area contributed by atoms with E-state index in [1.807, 2.05) is 44.3 Å². The molecule has 1 aromatic rings. The largest absolute Gasteiger partial charge is 0.486 e. The number of rotatable bonds is 13. The van der Waals surface area contributed by atoms with Gasteiger partial charge in [-0.15, -0.1) is 0 Å². The number of carboxylic acids is 1. The van der Waals surface area contributed by atoms with Gasteiger partial charge in [-0.25, -0.2) is 0 Å². The SMILES string of the molecule is CCCCC[C@H](O)/C=C/[C@@H]1[C@@H]2C(=O)/C(=C/CCCC(=O)O)O[C@@H]2C[C@H]1O.CN[C@@H](C)[C@H](O)c1ccccc1. The van der Waals surface area contributed by atoms with E-state index in [0.29, 0.717) is 31.4 Å². The number of aliphatic hydroxyl groups is 3. The third kappa shape index (κ3) is 9.66. The number of Topliss-reactive ketones (excluding diaryl/α,β-unsaturated/α-hetero) is 1. The van der Waals surface area contributed by atoms with Crippen molar-refractivity contribution < 1.29 is 34.8 Å². The molecule has 0 radical (unpaired) electrons. The molecular weight excluding hydrogens is 486 g/mol. The second kappa shape index (κ2) is 16.4. The summed E-state index contributed by atoms with van der Waals surface area (Å²) in [5.41, 5.74) is 0.958. The van der Waals surface area contributed by atoms with E-state index in [4.69, 9.17) is 9.84 Å². The van der Waals surface area contributed by atoms with Gasteiger partial charge in [0.2, 0.25) is 5.78 Å². The Kier molecular flexibility index (Phi) is 13.7. The van der Waals surface area contributed by atoms with Crippen LogP contribution in [-0.4, -0.2) is 63.6 Å². The molecule has 0 amide bonds. The third-order valence-corrected chi connectivity index (χ3v) is 7.21. The molecular formula is C30H45NO7. The Morgan fingerprint density at radius 2 is 1.89 bits per heavy atom. The molecule has 2 aliphatic rings. The van der Waals surface area contributed by atoms with Crippen LogP contribution in [0.25, 0.3) is 0 Å². The Hall–Kier alpha value is -2.52. The number of likely N-dealkylation sites (N-methyl/N-ethyl adjacent to an activating group) is 1. The van der Waals surface area contributed by atoms with Crippen molar-refractivity contribution in [1.29, 1.82) is 0 Å². The lowest BCUT2D eigenvalue weighted by Crippen LogP contribution is -2.28. The first-order chi connectivity index (χ1) is 18.2. The van der Waals surface area contributed by atoms with Gasteiger partial charge in [0.1, 0.15) is 6.10 Å². The van der Waals surface area contributed by atoms with Crippen LogP contribution in [-0.2, 0) is 14.3 Å². The van der Waals surface area contributed by atoms with Crippen LogP contribution in [0.1, 0.15) is 76.9 Å². The first kappa shape index (κ1) is 31.7. The number of benzene rings is 1. The number of aliphatic hydroxyl groups excluding tert-OH is 3. The molecule has 0 aromatic heterocycles. The van der Waals surface area contributed by atoms with Crippen LogP contribution in [0.15, 0.2) is 54.3 Å². The fourth-order valence-electron chi connectivity index (χ4n) is 4.82. The van der Waals surface area contributed by atoms with Crippen molar-refractivity contribution >= 4 is 11.8 Å². The van der Waals surface area contributed by atoms with E-state index in [1.165, 1.54) is 0 Å². The van der Waals surface area contributed by atoms with Gasteiger partial charge in [0, 0.05) is 24.8 Å². The van der Waals surface area contributed by atoms with E-state index < -0.39 is 30.2 Å². The number of hydrogen-bond donors (Lipinski definition) is 5. The van der Waals surface area contributed by atoms with Gasteiger partial charge in [-0.05, 0) is 44.9 Å². The Labute approximate surface area is 226 Å². The molecule has 7 atom stereocenters. The first-order valence-electron chi connectivity index (χ1n) is 13.8. The van der Waals surface area contributed by atoms with E-state index in [9.17, 15) is 24.9 Å². The first-order valence-corrected chi connectivity index (χ1v) is 13.8. The average molecular weight is 532 g/mol. The third-order valence-electron chi connectivity index (χ3n) is 7.21. The van der Waals surface area contributed by atoms with Crippen molar-refractivity contribution in [2.75, 3.05) is 7.05 Å². The number of aliphatic carboxylic acids is 1. The Balaban J connectivity index is 0.000000352. The Morgan fingerprint density at radius 3 is 2.53 bits per heavy atom. The minimum absolute atomic E-state index is 0.0603. The van der Waals surface area contributed by atoms with Crippen molar-refractivity contribution in [3.05, 3.63) is 59.9 Å². The molecule has 212 valence electrons. The maximum absolute atomic E-state index is 12.6. The highest BCUT2D eigenvalue weighted by Gasteiger charge is 2.52. The van der Waals surface area contributed by atoms with Gasteiger partial charge in [0.25, 0.3) is 0 Å². The second-order valence-electron chi connectivity index (χ2n) is 10.2. The fourth-order valence-corrected chi connectivity index (χ4v) is 4.82. The summed E-state index contributed by atoms with van der Waals surface area (Å²) in [4.78, 5) is 23.1. The van der Waals surface area contributed by atoms with E-state index in [2.05, 4.69) is 12.2 Å². The highest BCUT2D eigenvalue weighted by atomic mass is 16.5. The molecule has 1 saturated heterocycles. The van der Waals surface area contributed by atoms with Gasteiger partial charge in [0.15, 0.2) is 5.76 Å². The summed E-state index contributed by atoms with van der Waals surface area (Å²) in [6.07, 6.45) is 8.34. The zero-order valence-electron chi connectivity index (χ0n) is 22.8. The highest BCUT2D eigenvalue weighted by Crippen LogP contribution is 2.43. The molecule has 0 unspecified atom stereocenters. The number of unbranched alkanes of at least 4 members (excludes halogenated alkanes) is 3. The lowest BCUT2D eigenvalue weighted by molar-refractivity contribution is -0.137. The van der Waals surface area contributed by atoms with Crippen LogP contribution in [0.3, 0.4) is 0 Å². The second-order valence-corrected chi connectivity index (χ2v) is 10.2. The van der Waals surface area contributed by atoms with Crippen LogP contribution in [0.5, 0.6) is 0 Å². The molecule has 1 aliphatic carbocycles. The molecule has 8 heteroatoms. The molecule has 8 nitrogen and oxygen atoms in total. The molecule has 1 aliphatic heterocycles. The number of hydrogen-bond acceptors (Lipinski definition) is 7. The number of carbonyl (C=O) groups excluding carboxylic acids is 1. The quantitative estimate of drug-likeness (QED) is 0.147. The van der Waals surface area contributed by atoms with Gasteiger partial charge in [-0.3, -0.25) is 9.59 Å². The molecule has 0 spiro atoms. The summed E-state index contributed by atoms with van der Waals surface area (Å²) in [6.45, 7) is 4.06. The molecule has 1 saturated carbocycles. The average Bonchev–Trinajstić information content (AvgIpc) is 3.38. The molecule has 38 heavy (non-hydrogen) atoms. The summed E-state index contributed by atoms with van der Waals surface area (Å²) in [5, 5.41) is 41.7. The summed E-state index contributed by atoms with van der Waals surface area (Å²) in [6, 6.07) is 9.76. The van der Waals surface area contributed by atoms with E-state index in [-0.39, 0.29) is 30.3 Å². The van der Waals surface area contributed by atoms with Crippen molar-refractivity contribution in [2.24, 2.45) is 11.8 Å². The summed E-state index contributed by atoms with van der Waals surface area (Å²) in [5.74, 6) is -1.46. The monoisotopic (exact) mass is 531 g/mol. The van der Waals surface area contributed by atoms with Crippen LogP contribution in [0.4, 0.5) is 0 Å². The molecule has 2 fully saturated rings. The highest BCUT2D eigenvalue weighted by molar-refractivity contribution is 5.98. The minimum Gasteiger partial charge on any atom is -0.486 e. The van der Waals surface area contributed by atoms with Gasteiger partial charge in [-0.1, -0.05) is 68.7 Å². The number of carboxylic acid groups (broad SMARTS) is 1. The standard InChI is InChI=1S/C20H30O6.C10H15NO/c1-2-3-4-7-13(21)10-11-14-15(22)12-17-19(14)20(25)16(26-17)8-5-6-9-18(23)24;1-8(11-2)10(12)9-6-4-3-5-7-9/h8,10-11,13-15,17,19,21-22H,2-7,9,12H2,1H3,(H,23,24);3-8,10-12H,1-2H3/b11-10+,16-8-;/t13-,14-,15+,17+,19-;8-,10-/m00/s1. The summed E-state index contributed by atoms with van der Waals surface area (Å²) >= 11 is 0. The molecule has 0 bridgehead atoms. The van der Waals surface area contributed by atoms with E-state index in [0.717, 1.165) is 24.8 Å². The van der Waals surface area contributed by atoms with Gasteiger partial charge in [-0.2, -0.15) is 0 Å². The maximum Gasteiger partial charge on any atom is 0.303 e. The van der Waals surface area contributed by atoms with Gasteiger partial charge in [0.05, 0.1) is 24.2 Å². The van der Waals surface area contributed by atoms with Gasteiger partial charge < -0.3 is 30.5 Å². The number of fused-ring (bicyclic) bond motifs is 1. The Morgan fingerprint density at radius 1 is 1.18 bits per heavy atom. The zero-order chi connectivity index (χ0) is 28.1.